The summed E-state index contributed by atoms with van der Waals surface area (Å²) in [4.78, 5) is 4.80. The quantitative estimate of drug-likeness (QED) is 0.734. The van der Waals surface area contributed by atoms with E-state index >= 15 is 0 Å². The van der Waals surface area contributed by atoms with Gasteiger partial charge in [0.05, 0.1) is 0 Å². The largest absolute Gasteiger partial charge is 0.508 e. The highest BCUT2D eigenvalue weighted by molar-refractivity contribution is 5.85. The molecule has 2 N–H and O–H groups in total. The van der Waals surface area contributed by atoms with Gasteiger partial charge in [-0.15, -0.1) is 24.8 Å². The lowest BCUT2D eigenvalue weighted by molar-refractivity contribution is 0.126. The Balaban J connectivity index is 0.00000288. The molecular weight excluding hydrogens is 357 g/mol. The van der Waals surface area contributed by atoms with Crippen LogP contribution >= 0.6 is 24.8 Å². The minimum Gasteiger partial charge on any atom is -0.508 e. The molecule has 1 unspecified atom stereocenters. The van der Waals surface area contributed by atoms with E-state index in [1.54, 1.807) is 0 Å². The fourth-order valence-electron chi connectivity index (χ4n) is 3.61. The summed E-state index contributed by atoms with van der Waals surface area (Å²) in [7, 11) is 0. The van der Waals surface area contributed by atoms with Gasteiger partial charge in [-0.1, -0.05) is 26.3 Å². The van der Waals surface area contributed by atoms with Crippen molar-refractivity contribution in [2.75, 3.05) is 44.2 Å². The highest BCUT2D eigenvalue weighted by Crippen LogP contribution is 2.37. The second-order valence-corrected chi connectivity index (χ2v) is 6.53. The first kappa shape index (κ1) is 24.3. The van der Waals surface area contributed by atoms with Gasteiger partial charge in [0.15, 0.2) is 0 Å². The SMILES string of the molecule is CCC(C)[C@H](c1ccc(N(CC)CC)cc1O)N1CCNCC1.Cl.Cl. The lowest BCUT2D eigenvalue weighted by Crippen LogP contribution is -2.46. The van der Waals surface area contributed by atoms with Crippen molar-refractivity contribution in [3.8, 4) is 5.75 Å². The van der Waals surface area contributed by atoms with Crippen LogP contribution in [0.4, 0.5) is 5.69 Å². The average molecular weight is 392 g/mol. The summed E-state index contributed by atoms with van der Waals surface area (Å²) < 4.78 is 0. The number of anilines is 1. The third kappa shape index (κ3) is 5.92. The fourth-order valence-corrected chi connectivity index (χ4v) is 3.61. The van der Waals surface area contributed by atoms with E-state index < -0.39 is 0 Å². The second-order valence-electron chi connectivity index (χ2n) is 6.53. The third-order valence-electron chi connectivity index (χ3n) is 5.19. The van der Waals surface area contributed by atoms with Crippen LogP contribution in [-0.2, 0) is 0 Å². The molecule has 1 aliphatic rings. The first-order chi connectivity index (χ1) is 11.1. The Morgan fingerprint density at radius 3 is 2.20 bits per heavy atom. The Morgan fingerprint density at radius 2 is 1.72 bits per heavy atom. The number of hydrogen-bond donors (Lipinski definition) is 2. The van der Waals surface area contributed by atoms with E-state index in [0.717, 1.165) is 56.9 Å². The molecule has 0 aliphatic carbocycles. The zero-order valence-electron chi connectivity index (χ0n) is 16.0. The lowest BCUT2D eigenvalue weighted by atomic mass is 9.89. The Morgan fingerprint density at radius 1 is 1.12 bits per heavy atom. The lowest BCUT2D eigenvalue weighted by Gasteiger charge is -2.39. The first-order valence-electron chi connectivity index (χ1n) is 9.14. The van der Waals surface area contributed by atoms with E-state index in [2.05, 4.69) is 54.9 Å². The molecule has 146 valence electrons. The van der Waals surface area contributed by atoms with Crippen LogP contribution in [0.1, 0.15) is 45.7 Å². The number of aromatic hydroxyl groups is 1. The average Bonchev–Trinajstić information content (AvgIpc) is 2.58. The Labute approximate surface area is 165 Å². The molecule has 0 aromatic heterocycles. The summed E-state index contributed by atoms with van der Waals surface area (Å²) in [5.41, 5.74) is 2.19. The van der Waals surface area contributed by atoms with Gasteiger partial charge in [0, 0.05) is 62.6 Å². The molecule has 1 aromatic rings. The number of nitrogens with one attached hydrogen (secondary N) is 1. The summed E-state index contributed by atoms with van der Waals surface area (Å²) in [5.74, 6) is 0.969. The van der Waals surface area contributed by atoms with Gasteiger partial charge in [0.2, 0.25) is 0 Å². The van der Waals surface area contributed by atoms with Gasteiger partial charge < -0.3 is 15.3 Å². The van der Waals surface area contributed by atoms with E-state index in [4.69, 9.17) is 0 Å². The van der Waals surface area contributed by atoms with Crippen LogP contribution < -0.4 is 10.2 Å². The summed E-state index contributed by atoms with van der Waals surface area (Å²) in [6.07, 6.45) is 1.12. The van der Waals surface area contributed by atoms with Crippen LogP contribution in [0.25, 0.3) is 0 Å². The second kappa shape index (κ2) is 11.8. The van der Waals surface area contributed by atoms with Crippen molar-refractivity contribution in [3.05, 3.63) is 23.8 Å². The zero-order valence-corrected chi connectivity index (χ0v) is 17.6. The predicted molar refractivity (Wildman–Crippen MR) is 113 cm³/mol. The molecule has 25 heavy (non-hydrogen) atoms. The summed E-state index contributed by atoms with van der Waals surface area (Å²) in [6.45, 7) is 14.9. The Kier molecular flexibility index (Phi) is 11.5. The van der Waals surface area contributed by atoms with Crippen LogP contribution in [0.2, 0.25) is 0 Å². The zero-order chi connectivity index (χ0) is 16.8. The van der Waals surface area contributed by atoms with Crippen LogP contribution in [0.15, 0.2) is 18.2 Å². The number of phenolic OH excluding ortho intramolecular Hbond substituents is 1. The maximum atomic E-state index is 10.7. The van der Waals surface area contributed by atoms with Crippen molar-refractivity contribution in [2.24, 2.45) is 5.92 Å². The van der Waals surface area contributed by atoms with Gasteiger partial charge in [-0.2, -0.15) is 0 Å². The molecule has 1 aliphatic heterocycles. The molecule has 1 heterocycles. The standard InChI is InChI=1S/C19H33N3O.2ClH/c1-5-15(4)19(22-12-10-20-11-13-22)17-9-8-16(14-18(17)23)21(6-2)7-3;;/h8-9,14-15,19-20,23H,5-7,10-13H2,1-4H3;2*1H/t15?,19-;;/m1../s1. The predicted octanol–water partition coefficient (Wildman–Crippen LogP) is 4.07. The fraction of sp³-hybridized carbons (Fsp3) is 0.684. The molecule has 1 fully saturated rings. The van der Waals surface area contributed by atoms with E-state index in [0.29, 0.717) is 17.7 Å². The number of benzene rings is 1. The molecule has 4 nitrogen and oxygen atoms in total. The minimum atomic E-state index is 0. The number of phenols is 1. The smallest absolute Gasteiger partial charge is 0.122 e. The molecule has 2 atom stereocenters. The number of halogens is 2. The highest BCUT2D eigenvalue weighted by atomic mass is 35.5. The van der Waals surface area contributed by atoms with Gasteiger partial charge >= 0.3 is 0 Å². The minimum absolute atomic E-state index is 0. The van der Waals surface area contributed by atoms with Gasteiger partial charge in [-0.3, -0.25) is 4.90 Å². The Hall–Kier alpha value is -0.680. The van der Waals surface area contributed by atoms with Gasteiger partial charge in [0.25, 0.3) is 0 Å². The van der Waals surface area contributed by atoms with Gasteiger partial charge in [0.1, 0.15) is 5.75 Å². The number of rotatable bonds is 7. The van der Waals surface area contributed by atoms with E-state index in [9.17, 15) is 5.11 Å². The monoisotopic (exact) mass is 391 g/mol. The molecule has 0 bridgehead atoms. The molecule has 0 radical (unpaired) electrons. The molecule has 0 saturated carbocycles. The summed E-state index contributed by atoms with van der Waals surface area (Å²) in [5, 5.41) is 14.1. The normalized spacial score (nSPS) is 17.1. The molecule has 0 amide bonds. The van der Waals surface area contributed by atoms with Crippen molar-refractivity contribution >= 4 is 30.5 Å². The number of nitrogens with zero attached hydrogens (tertiary/aromatic N) is 2. The molecule has 2 rings (SSSR count). The molecule has 6 heteroatoms. The van der Waals surface area contributed by atoms with E-state index in [1.165, 1.54) is 0 Å². The Bertz CT molecular complexity index is 492. The van der Waals surface area contributed by atoms with Crippen molar-refractivity contribution in [1.29, 1.82) is 0 Å². The number of piperazine rings is 1. The van der Waals surface area contributed by atoms with Crippen molar-refractivity contribution in [2.45, 2.75) is 40.2 Å². The molecule has 1 aromatic carbocycles. The molecule has 1 saturated heterocycles. The van der Waals surface area contributed by atoms with Gasteiger partial charge in [-0.25, -0.2) is 0 Å². The topological polar surface area (TPSA) is 38.7 Å². The summed E-state index contributed by atoms with van der Waals surface area (Å²) >= 11 is 0. The molecule has 0 spiro atoms. The molecular formula is C19H35Cl2N3O. The van der Waals surface area contributed by atoms with E-state index in [1.807, 2.05) is 6.07 Å². The van der Waals surface area contributed by atoms with Crippen LogP contribution in [0.3, 0.4) is 0 Å². The van der Waals surface area contributed by atoms with Crippen LogP contribution in [0, 0.1) is 5.92 Å². The van der Waals surface area contributed by atoms with Crippen LogP contribution in [-0.4, -0.2) is 49.3 Å². The first-order valence-corrected chi connectivity index (χ1v) is 9.14. The van der Waals surface area contributed by atoms with Gasteiger partial charge in [-0.05, 0) is 25.8 Å². The van der Waals surface area contributed by atoms with Crippen molar-refractivity contribution in [3.63, 3.8) is 0 Å². The maximum absolute atomic E-state index is 10.7. The van der Waals surface area contributed by atoms with Crippen molar-refractivity contribution in [1.82, 2.24) is 10.2 Å². The summed E-state index contributed by atoms with van der Waals surface area (Å²) in [6, 6.07) is 6.55. The van der Waals surface area contributed by atoms with Crippen molar-refractivity contribution < 1.29 is 5.11 Å². The maximum Gasteiger partial charge on any atom is 0.122 e. The third-order valence-corrected chi connectivity index (χ3v) is 5.19. The van der Waals surface area contributed by atoms with E-state index in [-0.39, 0.29) is 24.8 Å². The number of hydrogen-bond acceptors (Lipinski definition) is 4. The highest BCUT2D eigenvalue weighted by Gasteiger charge is 2.28. The van der Waals surface area contributed by atoms with Crippen LogP contribution in [0.5, 0.6) is 5.75 Å².